The van der Waals surface area contributed by atoms with E-state index in [0.29, 0.717) is 17.6 Å². The van der Waals surface area contributed by atoms with Gasteiger partial charge in [0.05, 0.1) is 7.11 Å². The molecule has 2 aliphatic heterocycles. The number of hydrogen-bond donors (Lipinski definition) is 2. The van der Waals surface area contributed by atoms with Crippen molar-refractivity contribution in [2.24, 2.45) is 0 Å². The molecule has 0 spiro atoms. The van der Waals surface area contributed by atoms with Crippen molar-refractivity contribution in [3.63, 3.8) is 0 Å². The van der Waals surface area contributed by atoms with Gasteiger partial charge in [-0.1, -0.05) is 6.07 Å². The summed E-state index contributed by atoms with van der Waals surface area (Å²) >= 11 is 5.07. The second kappa shape index (κ2) is 8.26. The number of carbonyl (C=O) groups excluding carboxylic acids is 1. The predicted octanol–water partition coefficient (Wildman–Crippen LogP) is 3.75. The molecule has 2 aromatic carbocycles. The molecule has 0 saturated carbocycles. The van der Waals surface area contributed by atoms with Gasteiger partial charge in [-0.05, 0) is 92.4 Å². The van der Waals surface area contributed by atoms with E-state index in [2.05, 4.69) is 54.5 Å². The Hall–Kier alpha value is -2.60. The van der Waals surface area contributed by atoms with Crippen molar-refractivity contribution < 1.29 is 9.53 Å². The molecule has 5 nitrogen and oxygen atoms in total. The van der Waals surface area contributed by atoms with Gasteiger partial charge in [-0.25, -0.2) is 0 Å². The molecule has 2 heterocycles. The first-order valence-electron chi connectivity index (χ1n) is 10.6. The second-order valence-electron chi connectivity index (χ2n) is 8.44. The summed E-state index contributed by atoms with van der Waals surface area (Å²) in [5.41, 5.74) is 7.31. The maximum atomic E-state index is 12.1. The van der Waals surface area contributed by atoms with Crippen LogP contribution in [0.5, 0.6) is 5.75 Å². The van der Waals surface area contributed by atoms with Crippen LogP contribution in [0.4, 0.5) is 5.69 Å². The second-order valence-corrected chi connectivity index (χ2v) is 8.85. The Morgan fingerprint density at radius 1 is 1.23 bits per heavy atom. The number of fused-ring (bicyclic) bond motifs is 1. The Morgan fingerprint density at radius 3 is 2.70 bits per heavy atom. The molecule has 0 aromatic heterocycles. The number of anilines is 1. The average Bonchev–Trinajstić information content (AvgIpc) is 3.03. The van der Waals surface area contributed by atoms with E-state index in [4.69, 9.17) is 17.0 Å². The first kappa shape index (κ1) is 20.7. The van der Waals surface area contributed by atoms with Crippen LogP contribution >= 0.6 is 12.2 Å². The van der Waals surface area contributed by atoms with Crippen molar-refractivity contribution in [1.82, 2.24) is 10.6 Å². The standard InChI is InChI=1S/C24H29N3O2S/c1-14(2)27-9-5-6-17-13-18(15(3)10-21(17)27)19-11-16(7-8-22(19)29-4)12-20-23(28)26-24(30)25-20/h7-8,10-11,13-14,20H,5-6,9,12H2,1-4H3,(H2,25,26,28,30). The highest BCUT2D eigenvalue weighted by Gasteiger charge is 2.27. The lowest BCUT2D eigenvalue weighted by Crippen LogP contribution is -2.35. The number of ether oxygens (including phenoxy) is 1. The van der Waals surface area contributed by atoms with Crippen LogP contribution in [0.15, 0.2) is 30.3 Å². The Bertz CT molecular complexity index is 1000. The highest BCUT2D eigenvalue weighted by atomic mass is 32.1. The van der Waals surface area contributed by atoms with Crippen molar-refractivity contribution in [3.05, 3.63) is 47.0 Å². The predicted molar refractivity (Wildman–Crippen MR) is 125 cm³/mol. The molecule has 2 N–H and O–H groups in total. The van der Waals surface area contributed by atoms with Gasteiger partial charge in [-0.15, -0.1) is 0 Å². The molecule has 1 unspecified atom stereocenters. The normalized spacial score (nSPS) is 18.3. The number of methoxy groups -OCH3 is 1. The van der Waals surface area contributed by atoms with Crippen LogP contribution in [0.3, 0.4) is 0 Å². The topological polar surface area (TPSA) is 53.6 Å². The van der Waals surface area contributed by atoms with Crippen LogP contribution in [0, 0.1) is 6.92 Å². The summed E-state index contributed by atoms with van der Waals surface area (Å²) in [4.78, 5) is 14.6. The number of rotatable bonds is 5. The molecule has 0 bridgehead atoms. The van der Waals surface area contributed by atoms with E-state index in [1.54, 1.807) is 7.11 Å². The van der Waals surface area contributed by atoms with E-state index in [0.717, 1.165) is 29.8 Å². The fourth-order valence-corrected chi connectivity index (χ4v) is 4.77. The SMILES string of the molecule is COc1ccc(CC2NC(=S)NC2=O)cc1-c1cc2c(cc1C)N(C(C)C)CCC2. The smallest absolute Gasteiger partial charge is 0.249 e. The lowest BCUT2D eigenvalue weighted by atomic mass is 9.90. The number of hydrogen-bond acceptors (Lipinski definition) is 4. The summed E-state index contributed by atoms with van der Waals surface area (Å²) < 4.78 is 5.70. The van der Waals surface area contributed by atoms with Crippen LogP contribution in [-0.2, 0) is 17.6 Å². The van der Waals surface area contributed by atoms with Crippen molar-refractivity contribution in [1.29, 1.82) is 0 Å². The Balaban J connectivity index is 1.72. The first-order valence-corrected chi connectivity index (χ1v) is 11.0. The van der Waals surface area contributed by atoms with Crippen molar-refractivity contribution >= 4 is 28.9 Å². The number of nitrogens with zero attached hydrogens (tertiary/aromatic N) is 1. The minimum absolute atomic E-state index is 0.0730. The van der Waals surface area contributed by atoms with E-state index in [1.807, 2.05) is 12.1 Å². The van der Waals surface area contributed by atoms with E-state index < -0.39 is 0 Å². The number of thiocarbonyl (C=S) groups is 1. The Morgan fingerprint density at radius 2 is 2.03 bits per heavy atom. The Labute approximate surface area is 183 Å². The van der Waals surface area contributed by atoms with Gasteiger partial charge >= 0.3 is 0 Å². The number of benzene rings is 2. The quantitative estimate of drug-likeness (QED) is 0.718. The monoisotopic (exact) mass is 423 g/mol. The van der Waals surface area contributed by atoms with Gasteiger partial charge < -0.3 is 20.3 Å². The van der Waals surface area contributed by atoms with Crippen LogP contribution in [-0.4, -0.2) is 36.8 Å². The zero-order chi connectivity index (χ0) is 21.4. The minimum atomic E-state index is -0.331. The maximum Gasteiger partial charge on any atom is 0.249 e. The number of amides is 1. The zero-order valence-electron chi connectivity index (χ0n) is 18.0. The number of nitrogens with one attached hydrogen (secondary N) is 2. The molecule has 0 radical (unpaired) electrons. The molecule has 0 aliphatic carbocycles. The van der Waals surface area contributed by atoms with Crippen molar-refractivity contribution in [2.45, 2.75) is 52.1 Å². The molecule has 6 heteroatoms. The molecular formula is C24H29N3O2S. The molecule has 1 amide bonds. The van der Waals surface area contributed by atoms with Gasteiger partial charge in [0.2, 0.25) is 5.91 Å². The molecule has 2 aromatic rings. The summed E-state index contributed by atoms with van der Waals surface area (Å²) in [6.45, 7) is 7.78. The van der Waals surface area contributed by atoms with Crippen molar-refractivity contribution in [2.75, 3.05) is 18.6 Å². The first-order chi connectivity index (χ1) is 14.4. The van der Waals surface area contributed by atoms with Crippen LogP contribution < -0.4 is 20.3 Å². The highest BCUT2D eigenvalue weighted by molar-refractivity contribution is 7.80. The highest BCUT2D eigenvalue weighted by Crippen LogP contribution is 2.39. The molecule has 4 rings (SSSR count). The average molecular weight is 424 g/mol. The maximum absolute atomic E-state index is 12.1. The fourth-order valence-electron chi connectivity index (χ4n) is 4.52. The summed E-state index contributed by atoms with van der Waals surface area (Å²) in [6.07, 6.45) is 2.85. The molecule has 1 fully saturated rings. The molecule has 1 saturated heterocycles. The van der Waals surface area contributed by atoms with Gasteiger partial charge in [0.15, 0.2) is 5.11 Å². The van der Waals surface area contributed by atoms with E-state index in [-0.39, 0.29) is 11.9 Å². The number of carbonyl (C=O) groups is 1. The minimum Gasteiger partial charge on any atom is -0.496 e. The van der Waals surface area contributed by atoms with Crippen LogP contribution in [0.1, 0.15) is 37.0 Å². The van der Waals surface area contributed by atoms with E-state index in [9.17, 15) is 4.79 Å². The summed E-state index contributed by atoms with van der Waals surface area (Å²) in [7, 11) is 1.71. The third-order valence-corrected chi connectivity index (χ3v) is 6.28. The summed E-state index contributed by atoms with van der Waals surface area (Å²) in [5.74, 6) is 0.772. The van der Waals surface area contributed by atoms with Gasteiger partial charge in [0.25, 0.3) is 0 Å². The van der Waals surface area contributed by atoms with Gasteiger partial charge in [-0.3, -0.25) is 4.79 Å². The molecule has 1 atom stereocenters. The van der Waals surface area contributed by atoms with Gasteiger partial charge in [0.1, 0.15) is 11.8 Å². The van der Waals surface area contributed by atoms with Crippen LogP contribution in [0.25, 0.3) is 11.1 Å². The molecule has 158 valence electrons. The zero-order valence-corrected chi connectivity index (χ0v) is 18.9. The van der Waals surface area contributed by atoms with Crippen LogP contribution in [0.2, 0.25) is 0 Å². The van der Waals surface area contributed by atoms with E-state index >= 15 is 0 Å². The third kappa shape index (κ3) is 3.88. The molecular weight excluding hydrogens is 394 g/mol. The molecule has 2 aliphatic rings. The summed E-state index contributed by atoms with van der Waals surface area (Å²) in [6, 6.07) is 11.0. The fraction of sp³-hybridized carbons (Fsp3) is 0.417. The van der Waals surface area contributed by atoms with Gasteiger partial charge in [0, 0.05) is 30.3 Å². The lowest BCUT2D eigenvalue weighted by Gasteiger charge is -2.35. The largest absolute Gasteiger partial charge is 0.496 e. The number of aryl methyl sites for hydroxylation is 2. The molecule has 30 heavy (non-hydrogen) atoms. The summed E-state index contributed by atoms with van der Waals surface area (Å²) in [5, 5.41) is 6.11. The Kier molecular flexibility index (Phi) is 5.69. The van der Waals surface area contributed by atoms with E-state index in [1.165, 1.54) is 28.8 Å². The van der Waals surface area contributed by atoms with Gasteiger partial charge in [-0.2, -0.15) is 0 Å². The van der Waals surface area contributed by atoms with Crippen molar-refractivity contribution in [3.8, 4) is 16.9 Å². The lowest BCUT2D eigenvalue weighted by molar-refractivity contribution is -0.120. The third-order valence-electron chi connectivity index (χ3n) is 6.06.